The average molecular weight is 447 g/mol. The third-order valence-corrected chi connectivity index (χ3v) is 4.48. The molecule has 3 aromatic rings. The van der Waals surface area contributed by atoms with E-state index in [2.05, 4.69) is 10.5 Å². The van der Waals surface area contributed by atoms with Gasteiger partial charge in [0, 0.05) is 0 Å². The summed E-state index contributed by atoms with van der Waals surface area (Å²) in [5.74, 6) is 0.651. The first-order valence-corrected chi connectivity index (χ1v) is 10.7. The van der Waals surface area contributed by atoms with Crippen LogP contribution >= 0.6 is 0 Å². The quantitative estimate of drug-likeness (QED) is 0.216. The first-order valence-electron chi connectivity index (χ1n) is 10.7. The van der Waals surface area contributed by atoms with E-state index in [1.807, 2.05) is 44.2 Å². The molecule has 0 aliphatic carbocycles. The molecule has 3 aromatic carbocycles. The van der Waals surface area contributed by atoms with Crippen molar-refractivity contribution < 1.29 is 23.8 Å². The average Bonchev–Trinajstić information content (AvgIpc) is 2.82. The van der Waals surface area contributed by atoms with Gasteiger partial charge in [-0.3, -0.25) is 4.79 Å². The Kier molecular flexibility index (Phi) is 8.59. The van der Waals surface area contributed by atoms with Crippen molar-refractivity contribution in [1.82, 2.24) is 5.43 Å². The van der Waals surface area contributed by atoms with Crippen molar-refractivity contribution in [2.45, 2.75) is 20.3 Å². The van der Waals surface area contributed by atoms with Crippen molar-refractivity contribution in [3.63, 3.8) is 0 Å². The van der Waals surface area contributed by atoms with Crippen molar-refractivity contribution in [1.29, 1.82) is 0 Å². The van der Waals surface area contributed by atoms with Crippen LogP contribution in [-0.2, 0) is 11.2 Å². The second-order valence-electron chi connectivity index (χ2n) is 6.94. The molecule has 0 radical (unpaired) electrons. The summed E-state index contributed by atoms with van der Waals surface area (Å²) in [6.07, 6.45) is 1.74. The maximum atomic E-state index is 12.5. The van der Waals surface area contributed by atoms with Crippen LogP contribution in [0.15, 0.2) is 77.9 Å². The predicted molar refractivity (Wildman–Crippen MR) is 126 cm³/mol. The van der Waals surface area contributed by atoms with Crippen molar-refractivity contribution >= 4 is 18.1 Å². The Hall–Kier alpha value is -4.13. The Morgan fingerprint density at radius 1 is 0.879 bits per heavy atom. The highest BCUT2D eigenvalue weighted by Crippen LogP contribution is 2.29. The lowest BCUT2D eigenvalue weighted by Gasteiger charge is -2.11. The van der Waals surface area contributed by atoms with Crippen LogP contribution in [0.1, 0.15) is 35.3 Å². The zero-order valence-corrected chi connectivity index (χ0v) is 18.6. The second kappa shape index (κ2) is 12.0. The molecule has 0 fully saturated rings. The van der Waals surface area contributed by atoms with E-state index in [9.17, 15) is 9.59 Å². The van der Waals surface area contributed by atoms with Gasteiger partial charge in [-0.2, -0.15) is 5.10 Å². The number of hydrogen-bond acceptors (Lipinski definition) is 6. The summed E-state index contributed by atoms with van der Waals surface area (Å²) in [6, 6.07) is 21.2. The maximum absolute atomic E-state index is 12.5. The van der Waals surface area contributed by atoms with Gasteiger partial charge in [-0.25, -0.2) is 10.2 Å². The Labute approximate surface area is 193 Å². The molecule has 170 valence electrons. The van der Waals surface area contributed by atoms with Crippen LogP contribution in [0.3, 0.4) is 0 Å². The van der Waals surface area contributed by atoms with Gasteiger partial charge in [-0.1, -0.05) is 30.3 Å². The van der Waals surface area contributed by atoms with Crippen molar-refractivity contribution in [3.05, 3.63) is 89.5 Å². The zero-order valence-electron chi connectivity index (χ0n) is 18.6. The molecule has 33 heavy (non-hydrogen) atoms. The number of hydrazone groups is 1. The summed E-state index contributed by atoms with van der Waals surface area (Å²) in [6.45, 7) is 4.67. The fraction of sp³-hybridized carbons (Fsp3) is 0.192. The van der Waals surface area contributed by atoms with E-state index in [1.54, 1.807) is 42.5 Å². The molecule has 0 aliphatic rings. The van der Waals surface area contributed by atoms with E-state index in [0.29, 0.717) is 41.6 Å². The smallest absolute Gasteiger partial charge is 0.343 e. The number of rotatable bonds is 10. The Morgan fingerprint density at radius 3 is 2.30 bits per heavy atom. The molecule has 0 heterocycles. The molecule has 0 saturated heterocycles. The lowest BCUT2D eigenvalue weighted by atomic mass is 10.1. The molecule has 1 N–H and O–H groups in total. The fourth-order valence-corrected chi connectivity index (χ4v) is 2.97. The number of nitrogens with zero attached hydrogens (tertiary/aromatic N) is 1. The van der Waals surface area contributed by atoms with Gasteiger partial charge in [0.25, 0.3) is 0 Å². The third kappa shape index (κ3) is 7.21. The first-order chi connectivity index (χ1) is 16.1. The molecule has 7 heteroatoms. The van der Waals surface area contributed by atoms with E-state index in [0.717, 1.165) is 5.56 Å². The largest absolute Gasteiger partial charge is 0.494 e. The summed E-state index contributed by atoms with van der Waals surface area (Å²) >= 11 is 0. The molecule has 0 spiro atoms. The number of carbonyl (C=O) groups excluding carboxylic acids is 2. The van der Waals surface area contributed by atoms with Crippen LogP contribution in [0.2, 0.25) is 0 Å². The van der Waals surface area contributed by atoms with E-state index in [1.165, 1.54) is 6.21 Å². The fourth-order valence-electron chi connectivity index (χ4n) is 2.97. The van der Waals surface area contributed by atoms with Crippen LogP contribution in [0, 0.1) is 0 Å². The first kappa shape index (κ1) is 23.5. The number of benzene rings is 3. The molecule has 0 aliphatic heterocycles. The number of ether oxygens (including phenoxy) is 3. The van der Waals surface area contributed by atoms with Gasteiger partial charge in [-0.15, -0.1) is 0 Å². The topological polar surface area (TPSA) is 86.2 Å². The van der Waals surface area contributed by atoms with Gasteiger partial charge in [0.2, 0.25) is 5.91 Å². The summed E-state index contributed by atoms with van der Waals surface area (Å²) in [4.78, 5) is 24.6. The highest BCUT2D eigenvalue weighted by molar-refractivity contribution is 5.92. The van der Waals surface area contributed by atoms with Crippen molar-refractivity contribution in [2.75, 3.05) is 13.2 Å². The molecule has 7 nitrogen and oxygen atoms in total. The highest BCUT2D eigenvalue weighted by atomic mass is 16.6. The summed E-state index contributed by atoms with van der Waals surface area (Å²) in [7, 11) is 0. The number of amides is 1. The number of hydrogen-bond donors (Lipinski definition) is 1. The van der Waals surface area contributed by atoms with E-state index in [-0.39, 0.29) is 12.3 Å². The molecular formula is C26H26N2O5. The van der Waals surface area contributed by atoms with Gasteiger partial charge in [0.15, 0.2) is 11.5 Å². The second-order valence-corrected chi connectivity index (χ2v) is 6.94. The predicted octanol–water partition coefficient (Wildman–Crippen LogP) is 4.40. The number of carbonyl (C=O) groups is 2. The summed E-state index contributed by atoms with van der Waals surface area (Å²) < 4.78 is 16.5. The maximum Gasteiger partial charge on any atom is 0.343 e. The summed E-state index contributed by atoms with van der Waals surface area (Å²) in [5.41, 5.74) is 4.49. The summed E-state index contributed by atoms with van der Waals surface area (Å²) in [5, 5.41) is 4.00. The highest BCUT2D eigenvalue weighted by Gasteiger charge is 2.13. The Morgan fingerprint density at radius 2 is 1.61 bits per heavy atom. The molecule has 0 saturated carbocycles. The van der Waals surface area contributed by atoms with Crippen LogP contribution < -0.4 is 19.6 Å². The van der Waals surface area contributed by atoms with Gasteiger partial charge in [0.05, 0.1) is 31.4 Å². The molecule has 0 aromatic heterocycles. The number of esters is 1. The minimum absolute atomic E-state index is 0.219. The van der Waals surface area contributed by atoms with Crippen LogP contribution in [-0.4, -0.2) is 31.3 Å². The van der Waals surface area contributed by atoms with Crippen LogP contribution in [0.4, 0.5) is 0 Å². The molecular weight excluding hydrogens is 420 g/mol. The molecule has 1 amide bonds. The van der Waals surface area contributed by atoms with Crippen LogP contribution in [0.25, 0.3) is 0 Å². The zero-order chi connectivity index (χ0) is 23.5. The van der Waals surface area contributed by atoms with E-state index < -0.39 is 5.97 Å². The minimum Gasteiger partial charge on any atom is -0.494 e. The van der Waals surface area contributed by atoms with Gasteiger partial charge < -0.3 is 14.2 Å². The van der Waals surface area contributed by atoms with Gasteiger partial charge in [0.1, 0.15) is 5.75 Å². The van der Waals surface area contributed by atoms with Crippen molar-refractivity contribution in [2.24, 2.45) is 5.10 Å². The van der Waals surface area contributed by atoms with Crippen molar-refractivity contribution in [3.8, 4) is 17.2 Å². The monoisotopic (exact) mass is 446 g/mol. The molecule has 0 unspecified atom stereocenters. The van der Waals surface area contributed by atoms with Crippen LogP contribution in [0.5, 0.6) is 17.2 Å². The SMILES string of the molecule is CCOc1ccc(C(=O)Oc2ccc(/C=N\NC(=O)Cc3ccccc3)cc2OCC)cc1. The molecule has 0 atom stereocenters. The van der Waals surface area contributed by atoms with E-state index >= 15 is 0 Å². The van der Waals surface area contributed by atoms with Gasteiger partial charge in [-0.05, 0) is 67.4 Å². The molecule has 0 bridgehead atoms. The lowest BCUT2D eigenvalue weighted by Crippen LogP contribution is -2.19. The number of nitrogens with one attached hydrogen (secondary N) is 1. The molecule has 3 rings (SSSR count). The standard InChI is InChI=1S/C26H26N2O5/c1-3-31-22-13-11-21(12-14-22)26(30)33-23-15-10-20(16-24(23)32-4-2)18-27-28-25(29)17-19-8-6-5-7-9-19/h5-16,18H,3-4,17H2,1-2H3,(H,28,29)/b27-18-. The Bertz CT molecular complexity index is 1100. The van der Waals surface area contributed by atoms with E-state index in [4.69, 9.17) is 14.2 Å². The Balaban J connectivity index is 1.63. The normalized spacial score (nSPS) is 10.6. The van der Waals surface area contributed by atoms with Gasteiger partial charge >= 0.3 is 5.97 Å². The third-order valence-electron chi connectivity index (χ3n) is 4.48. The lowest BCUT2D eigenvalue weighted by molar-refractivity contribution is -0.120. The minimum atomic E-state index is -0.506.